The minimum atomic E-state index is -3.63. The van der Waals surface area contributed by atoms with Crippen molar-refractivity contribution in [3.05, 3.63) is 53.7 Å². The maximum Gasteiger partial charge on any atom is 0.586 e. The van der Waals surface area contributed by atoms with Crippen LogP contribution in [0.2, 0.25) is 0 Å². The molecular formula is C25H24F2N4O2S. The van der Waals surface area contributed by atoms with Crippen LogP contribution in [0.15, 0.2) is 48.8 Å². The van der Waals surface area contributed by atoms with E-state index in [1.807, 2.05) is 12.4 Å². The zero-order chi connectivity index (χ0) is 23.4. The molecule has 3 aromatic heterocycles. The molecule has 6 rings (SSSR count). The number of H-pyrrole nitrogens is 1. The first-order valence-electron chi connectivity index (χ1n) is 11.3. The molecule has 6 nitrogen and oxygen atoms in total. The van der Waals surface area contributed by atoms with Gasteiger partial charge in [0.15, 0.2) is 11.5 Å². The number of piperazine rings is 1. The molecule has 0 bridgehead atoms. The number of nitrogens with zero attached hydrogens (tertiary/aromatic N) is 3. The van der Waals surface area contributed by atoms with Gasteiger partial charge in [0.2, 0.25) is 0 Å². The van der Waals surface area contributed by atoms with E-state index in [4.69, 9.17) is 0 Å². The van der Waals surface area contributed by atoms with E-state index in [1.54, 1.807) is 23.5 Å². The number of aromatic amines is 1. The third kappa shape index (κ3) is 3.83. The van der Waals surface area contributed by atoms with E-state index in [2.05, 4.69) is 61.4 Å². The smallest absolute Gasteiger partial charge is 0.395 e. The second-order valence-electron chi connectivity index (χ2n) is 8.87. The highest BCUT2D eigenvalue weighted by atomic mass is 32.1. The van der Waals surface area contributed by atoms with E-state index in [-0.39, 0.29) is 11.5 Å². The third-order valence-corrected chi connectivity index (χ3v) is 7.96. The van der Waals surface area contributed by atoms with Gasteiger partial charge in [-0.05, 0) is 49.9 Å². The largest absolute Gasteiger partial charge is 0.586 e. The van der Waals surface area contributed by atoms with Gasteiger partial charge in [-0.15, -0.1) is 20.1 Å². The molecule has 0 spiro atoms. The highest BCUT2D eigenvalue weighted by Gasteiger charge is 2.43. The number of hydrogen-bond acceptors (Lipinski definition) is 6. The van der Waals surface area contributed by atoms with Crippen LogP contribution < -0.4 is 9.47 Å². The highest BCUT2D eigenvalue weighted by molar-refractivity contribution is 7.15. The van der Waals surface area contributed by atoms with Gasteiger partial charge in [-0.3, -0.25) is 4.90 Å². The minimum Gasteiger partial charge on any atom is -0.395 e. The SMILES string of the molecule is CC(c1ccc(-c2cnc3[nH]cc(-c4ccc5c(c4)OC(F)(F)O5)c3c2)s1)N1CCN(C)CC1. The van der Waals surface area contributed by atoms with E-state index in [0.717, 1.165) is 58.8 Å². The summed E-state index contributed by atoms with van der Waals surface area (Å²) in [6.45, 7) is 6.61. The molecule has 4 aromatic rings. The predicted molar refractivity (Wildman–Crippen MR) is 129 cm³/mol. The molecule has 1 fully saturated rings. The summed E-state index contributed by atoms with van der Waals surface area (Å²) in [6.07, 6.45) is 0.0827. The van der Waals surface area contributed by atoms with Crippen molar-refractivity contribution < 1.29 is 18.3 Å². The second kappa shape index (κ2) is 8.04. The molecular weight excluding hydrogens is 458 g/mol. The Kier molecular flexibility index (Phi) is 5.09. The van der Waals surface area contributed by atoms with Crippen molar-refractivity contribution in [3.63, 3.8) is 0 Å². The first-order valence-corrected chi connectivity index (χ1v) is 12.1. The molecule has 1 saturated heterocycles. The number of likely N-dealkylation sites (N-methyl/N-ethyl adjacent to an activating group) is 1. The molecule has 5 heterocycles. The number of rotatable bonds is 4. The van der Waals surface area contributed by atoms with Crippen molar-refractivity contribution in [1.82, 2.24) is 19.8 Å². The average Bonchev–Trinajstić information content (AvgIpc) is 3.53. The summed E-state index contributed by atoms with van der Waals surface area (Å²) in [5, 5.41) is 0.921. The molecule has 1 aromatic carbocycles. The first kappa shape index (κ1) is 21.5. The fourth-order valence-corrected chi connectivity index (χ4v) is 5.69. The molecule has 2 aliphatic rings. The maximum atomic E-state index is 13.4. The maximum absolute atomic E-state index is 13.4. The second-order valence-corrected chi connectivity index (χ2v) is 9.98. The van der Waals surface area contributed by atoms with Gasteiger partial charge in [0.05, 0.1) is 0 Å². The molecule has 176 valence electrons. The Morgan fingerprint density at radius 3 is 2.65 bits per heavy atom. The molecule has 1 atom stereocenters. The fraction of sp³-hybridized carbons (Fsp3) is 0.320. The van der Waals surface area contributed by atoms with Crippen molar-refractivity contribution in [2.75, 3.05) is 33.2 Å². The van der Waals surface area contributed by atoms with Crippen LogP contribution in [0.1, 0.15) is 17.8 Å². The van der Waals surface area contributed by atoms with Crippen LogP contribution in [0.3, 0.4) is 0 Å². The zero-order valence-electron chi connectivity index (χ0n) is 18.8. The van der Waals surface area contributed by atoms with Crippen LogP contribution in [0.4, 0.5) is 8.78 Å². The normalized spacial score (nSPS) is 19.1. The Hall–Kier alpha value is -3.01. The molecule has 34 heavy (non-hydrogen) atoms. The van der Waals surface area contributed by atoms with Crippen LogP contribution in [0.5, 0.6) is 11.5 Å². The van der Waals surface area contributed by atoms with Gasteiger partial charge in [-0.2, -0.15) is 0 Å². The van der Waals surface area contributed by atoms with Crippen molar-refractivity contribution in [2.45, 2.75) is 19.3 Å². The number of ether oxygens (including phenoxy) is 2. The number of thiophene rings is 1. The third-order valence-electron chi connectivity index (χ3n) is 6.65. The van der Waals surface area contributed by atoms with Gasteiger partial charge in [-0.1, -0.05) is 6.07 Å². The lowest BCUT2D eigenvalue weighted by atomic mass is 10.0. The molecule has 0 amide bonds. The molecule has 0 radical (unpaired) electrons. The quantitative estimate of drug-likeness (QED) is 0.411. The molecule has 0 aliphatic carbocycles. The van der Waals surface area contributed by atoms with E-state index in [0.29, 0.717) is 6.04 Å². The summed E-state index contributed by atoms with van der Waals surface area (Å²) in [5.41, 5.74) is 3.39. The van der Waals surface area contributed by atoms with Crippen molar-refractivity contribution in [2.24, 2.45) is 0 Å². The van der Waals surface area contributed by atoms with Crippen LogP contribution >= 0.6 is 11.3 Å². The van der Waals surface area contributed by atoms with E-state index in [9.17, 15) is 8.78 Å². The van der Waals surface area contributed by atoms with Crippen LogP contribution in [0.25, 0.3) is 32.6 Å². The van der Waals surface area contributed by atoms with E-state index < -0.39 is 6.29 Å². The number of halogens is 2. The summed E-state index contributed by atoms with van der Waals surface area (Å²) >= 11 is 1.79. The highest BCUT2D eigenvalue weighted by Crippen LogP contribution is 2.44. The Balaban J connectivity index is 1.30. The average molecular weight is 483 g/mol. The number of alkyl halides is 2. The van der Waals surface area contributed by atoms with E-state index in [1.165, 1.54) is 10.9 Å². The predicted octanol–water partition coefficient (Wildman–Crippen LogP) is 5.59. The van der Waals surface area contributed by atoms with Crippen LogP contribution in [-0.2, 0) is 0 Å². The summed E-state index contributed by atoms with van der Waals surface area (Å²) in [5.74, 6) is 0.0646. The fourth-order valence-electron chi connectivity index (χ4n) is 4.62. The first-order chi connectivity index (χ1) is 16.4. The summed E-state index contributed by atoms with van der Waals surface area (Å²) < 4.78 is 36.0. The number of fused-ring (bicyclic) bond motifs is 2. The topological polar surface area (TPSA) is 53.6 Å². The summed E-state index contributed by atoms with van der Waals surface area (Å²) in [7, 11) is 2.17. The van der Waals surface area contributed by atoms with Gasteiger partial charge < -0.3 is 19.4 Å². The van der Waals surface area contributed by atoms with Gasteiger partial charge >= 0.3 is 6.29 Å². The Morgan fingerprint density at radius 2 is 1.82 bits per heavy atom. The van der Waals surface area contributed by atoms with Crippen molar-refractivity contribution in [1.29, 1.82) is 0 Å². The van der Waals surface area contributed by atoms with Crippen LogP contribution in [0, 0.1) is 0 Å². The zero-order valence-corrected chi connectivity index (χ0v) is 19.7. The number of benzene rings is 1. The van der Waals surface area contributed by atoms with Gasteiger partial charge in [0, 0.05) is 70.9 Å². The molecule has 9 heteroatoms. The monoisotopic (exact) mass is 482 g/mol. The molecule has 1 unspecified atom stereocenters. The lowest BCUT2D eigenvalue weighted by Gasteiger charge is -2.36. The minimum absolute atomic E-state index is 0.0294. The van der Waals surface area contributed by atoms with Gasteiger partial charge in [0.1, 0.15) is 5.65 Å². The number of pyridine rings is 1. The standard InChI is InChI=1S/C25H24F2N4O2S/c1-15(31-9-7-30(2)8-10-31)22-5-6-23(34-22)17-11-18-19(14-29-24(18)28-13-17)16-3-4-20-21(12-16)33-25(26,27)32-20/h3-6,11-15H,7-10H2,1-2H3,(H,28,29). The van der Waals surface area contributed by atoms with E-state index >= 15 is 0 Å². The number of aromatic nitrogens is 2. The lowest BCUT2D eigenvalue weighted by molar-refractivity contribution is -0.286. The molecule has 0 saturated carbocycles. The summed E-state index contributed by atoms with van der Waals surface area (Å²) in [4.78, 5) is 15.2. The molecule has 2 aliphatic heterocycles. The van der Waals surface area contributed by atoms with Crippen LogP contribution in [-0.4, -0.2) is 59.3 Å². The van der Waals surface area contributed by atoms with Crippen molar-refractivity contribution in [3.8, 4) is 33.1 Å². The Morgan fingerprint density at radius 1 is 1.03 bits per heavy atom. The molecule has 1 N–H and O–H groups in total. The number of nitrogens with one attached hydrogen (secondary N) is 1. The van der Waals surface area contributed by atoms with Gasteiger partial charge in [0.25, 0.3) is 0 Å². The summed E-state index contributed by atoms with van der Waals surface area (Å²) in [6, 6.07) is 11.7. The number of hydrogen-bond donors (Lipinski definition) is 1. The Bertz CT molecular complexity index is 1360. The van der Waals surface area contributed by atoms with Crippen molar-refractivity contribution >= 4 is 22.4 Å². The Labute approximate surface area is 199 Å². The van der Waals surface area contributed by atoms with Gasteiger partial charge in [-0.25, -0.2) is 4.98 Å². The lowest BCUT2D eigenvalue weighted by Crippen LogP contribution is -2.45.